The highest BCUT2D eigenvalue weighted by Crippen LogP contribution is 2.22. The smallest absolute Gasteiger partial charge is 0.242 e. The summed E-state index contributed by atoms with van der Waals surface area (Å²) in [5.74, 6) is -0.508. The molecule has 124 valence electrons. The fourth-order valence-corrected chi connectivity index (χ4v) is 1.88. The summed E-state index contributed by atoms with van der Waals surface area (Å²) in [6.45, 7) is 6.09. The van der Waals surface area contributed by atoms with Crippen LogP contribution in [0.5, 0.6) is 5.75 Å². The van der Waals surface area contributed by atoms with E-state index in [0.717, 1.165) is 0 Å². The van der Waals surface area contributed by atoms with E-state index < -0.39 is 5.82 Å². The number of nitrogens with zero attached hydrogens (tertiary/aromatic N) is 4. The zero-order valence-corrected chi connectivity index (χ0v) is 13.4. The maximum atomic E-state index is 13.6. The van der Waals surface area contributed by atoms with Gasteiger partial charge in [-0.3, -0.25) is 4.79 Å². The highest BCUT2D eigenvalue weighted by Gasteiger charge is 2.27. The lowest BCUT2D eigenvalue weighted by Gasteiger charge is -2.31. The van der Waals surface area contributed by atoms with Crippen molar-refractivity contribution in [3.05, 3.63) is 36.4 Å². The van der Waals surface area contributed by atoms with E-state index in [1.54, 1.807) is 18.2 Å². The molecular weight excluding hydrogens is 301 g/mol. The van der Waals surface area contributed by atoms with Crippen molar-refractivity contribution in [2.24, 2.45) is 5.41 Å². The van der Waals surface area contributed by atoms with Gasteiger partial charge in [0, 0.05) is 0 Å². The molecule has 8 heteroatoms. The van der Waals surface area contributed by atoms with Gasteiger partial charge in [0.1, 0.15) is 19.5 Å². The van der Waals surface area contributed by atoms with E-state index in [9.17, 15) is 9.18 Å². The Morgan fingerprint density at radius 1 is 1.39 bits per heavy atom. The first-order valence-corrected chi connectivity index (χ1v) is 7.24. The Hall–Kier alpha value is -2.51. The predicted octanol–water partition coefficient (Wildman–Crippen LogP) is 1.42. The van der Waals surface area contributed by atoms with Crippen molar-refractivity contribution in [3.63, 3.8) is 0 Å². The van der Waals surface area contributed by atoms with Gasteiger partial charge in [-0.25, -0.2) is 9.07 Å². The summed E-state index contributed by atoms with van der Waals surface area (Å²) < 4.78 is 20.5. The molecule has 1 unspecified atom stereocenters. The van der Waals surface area contributed by atoms with E-state index in [1.165, 1.54) is 17.1 Å². The maximum Gasteiger partial charge on any atom is 0.242 e. The van der Waals surface area contributed by atoms with Gasteiger partial charge in [-0.05, 0) is 28.0 Å². The lowest BCUT2D eigenvalue weighted by atomic mass is 9.87. The van der Waals surface area contributed by atoms with Crippen LogP contribution >= 0.6 is 0 Å². The zero-order chi connectivity index (χ0) is 16.9. The molecule has 23 heavy (non-hydrogen) atoms. The summed E-state index contributed by atoms with van der Waals surface area (Å²) in [6.07, 6.45) is 1.36. The Labute approximate surface area is 133 Å². The quantitative estimate of drug-likeness (QED) is 0.870. The lowest BCUT2D eigenvalue weighted by Crippen LogP contribution is -2.48. The van der Waals surface area contributed by atoms with Crippen molar-refractivity contribution < 1.29 is 13.9 Å². The number of rotatable bonds is 6. The SMILES string of the molecule is CC(C)(C)C(COc1ccccc1F)NC(=O)Cn1cnnn1. The van der Waals surface area contributed by atoms with Gasteiger partial charge in [-0.15, -0.1) is 5.10 Å². The minimum absolute atomic E-state index is 0.0132. The average molecular weight is 321 g/mol. The van der Waals surface area contributed by atoms with E-state index in [0.29, 0.717) is 0 Å². The standard InChI is InChI=1S/C15H20FN5O2/c1-15(2,3)13(9-23-12-7-5-4-6-11(12)16)18-14(22)8-21-10-17-19-20-21/h4-7,10,13H,8-9H2,1-3H3,(H,18,22). The predicted molar refractivity (Wildman–Crippen MR) is 81.1 cm³/mol. The summed E-state index contributed by atoms with van der Waals surface area (Å²) in [6, 6.07) is 5.87. The Morgan fingerprint density at radius 2 is 2.13 bits per heavy atom. The first-order chi connectivity index (χ1) is 10.9. The van der Waals surface area contributed by atoms with Gasteiger partial charge >= 0.3 is 0 Å². The molecule has 0 aliphatic carbocycles. The number of amides is 1. The Kier molecular flexibility index (Phi) is 5.25. The Bertz CT molecular complexity index is 640. The molecular formula is C15H20FN5O2. The molecule has 0 aliphatic heterocycles. The van der Waals surface area contributed by atoms with Crippen molar-refractivity contribution in [2.45, 2.75) is 33.4 Å². The molecule has 0 saturated carbocycles. The molecule has 0 saturated heterocycles. The first kappa shape index (κ1) is 16.9. The molecule has 2 aromatic rings. The van der Waals surface area contributed by atoms with Gasteiger partial charge in [0.15, 0.2) is 11.6 Å². The van der Waals surface area contributed by atoms with Crippen LogP contribution in [0.25, 0.3) is 0 Å². The average Bonchev–Trinajstić information content (AvgIpc) is 2.96. The van der Waals surface area contributed by atoms with E-state index >= 15 is 0 Å². The number of tetrazole rings is 1. The van der Waals surface area contributed by atoms with Crippen LogP contribution in [0.1, 0.15) is 20.8 Å². The summed E-state index contributed by atoms with van der Waals surface area (Å²) >= 11 is 0. The molecule has 0 radical (unpaired) electrons. The maximum absolute atomic E-state index is 13.6. The third-order valence-electron chi connectivity index (χ3n) is 3.32. The number of nitrogens with one attached hydrogen (secondary N) is 1. The van der Waals surface area contributed by atoms with Crippen LogP contribution in [0.15, 0.2) is 30.6 Å². The monoisotopic (exact) mass is 321 g/mol. The Balaban J connectivity index is 1.97. The lowest BCUT2D eigenvalue weighted by molar-refractivity contribution is -0.123. The van der Waals surface area contributed by atoms with Crippen LogP contribution in [-0.4, -0.2) is 38.8 Å². The molecule has 0 bridgehead atoms. The Morgan fingerprint density at radius 3 is 2.74 bits per heavy atom. The number of hydrogen-bond donors (Lipinski definition) is 1. The number of benzene rings is 1. The summed E-state index contributed by atoms with van der Waals surface area (Å²) in [4.78, 5) is 12.1. The molecule has 7 nitrogen and oxygen atoms in total. The molecule has 1 heterocycles. The molecule has 1 N–H and O–H groups in total. The molecule has 0 aliphatic rings. The number of carbonyl (C=O) groups excluding carboxylic acids is 1. The van der Waals surface area contributed by atoms with Gasteiger partial charge in [0.2, 0.25) is 5.91 Å². The van der Waals surface area contributed by atoms with Crippen LogP contribution in [0.2, 0.25) is 0 Å². The van der Waals surface area contributed by atoms with Crippen LogP contribution in [0, 0.1) is 11.2 Å². The summed E-state index contributed by atoms with van der Waals surface area (Å²) in [7, 11) is 0. The molecule has 0 spiro atoms. The van der Waals surface area contributed by atoms with E-state index in [-0.39, 0.29) is 36.3 Å². The second kappa shape index (κ2) is 7.17. The second-order valence-electron chi connectivity index (χ2n) is 6.23. The molecule has 1 aromatic carbocycles. The number of para-hydroxylation sites is 1. The number of carbonyl (C=O) groups is 1. The molecule has 2 rings (SSSR count). The van der Waals surface area contributed by atoms with Crippen molar-refractivity contribution in [1.29, 1.82) is 0 Å². The van der Waals surface area contributed by atoms with Crippen molar-refractivity contribution in [1.82, 2.24) is 25.5 Å². The summed E-state index contributed by atoms with van der Waals surface area (Å²) in [5.41, 5.74) is -0.262. The summed E-state index contributed by atoms with van der Waals surface area (Å²) in [5, 5.41) is 13.5. The van der Waals surface area contributed by atoms with Gasteiger partial charge in [-0.1, -0.05) is 32.9 Å². The van der Waals surface area contributed by atoms with Crippen LogP contribution < -0.4 is 10.1 Å². The molecule has 1 amide bonds. The number of ether oxygens (including phenoxy) is 1. The largest absolute Gasteiger partial charge is 0.488 e. The van der Waals surface area contributed by atoms with Crippen LogP contribution in [0.4, 0.5) is 4.39 Å². The first-order valence-electron chi connectivity index (χ1n) is 7.24. The fraction of sp³-hybridized carbons (Fsp3) is 0.467. The van der Waals surface area contributed by atoms with E-state index in [4.69, 9.17) is 4.74 Å². The molecule has 0 fully saturated rings. The highest BCUT2D eigenvalue weighted by atomic mass is 19.1. The zero-order valence-electron chi connectivity index (χ0n) is 13.4. The normalized spacial score (nSPS) is 12.7. The van der Waals surface area contributed by atoms with Gasteiger partial charge in [0.25, 0.3) is 0 Å². The van der Waals surface area contributed by atoms with Crippen molar-refractivity contribution in [2.75, 3.05) is 6.61 Å². The van der Waals surface area contributed by atoms with Gasteiger partial charge < -0.3 is 10.1 Å². The van der Waals surface area contributed by atoms with E-state index in [1.807, 2.05) is 20.8 Å². The van der Waals surface area contributed by atoms with E-state index in [2.05, 4.69) is 20.8 Å². The van der Waals surface area contributed by atoms with Gasteiger partial charge in [0.05, 0.1) is 6.04 Å². The number of aromatic nitrogens is 4. The molecule has 1 atom stereocenters. The van der Waals surface area contributed by atoms with Crippen molar-refractivity contribution >= 4 is 5.91 Å². The van der Waals surface area contributed by atoms with Crippen molar-refractivity contribution in [3.8, 4) is 5.75 Å². The third kappa shape index (κ3) is 5.01. The topological polar surface area (TPSA) is 81.9 Å². The van der Waals surface area contributed by atoms with Crippen LogP contribution in [0.3, 0.4) is 0 Å². The third-order valence-corrected chi connectivity index (χ3v) is 3.32. The fourth-order valence-electron chi connectivity index (χ4n) is 1.88. The minimum Gasteiger partial charge on any atom is -0.488 e. The number of halogens is 1. The molecule has 1 aromatic heterocycles. The highest BCUT2D eigenvalue weighted by molar-refractivity contribution is 5.76. The second-order valence-corrected chi connectivity index (χ2v) is 6.23. The minimum atomic E-state index is -0.430. The van der Waals surface area contributed by atoms with Crippen LogP contribution in [-0.2, 0) is 11.3 Å². The van der Waals surface area contributed by atoms with Gasteiger partial charge in [-0.2, -0.15) is 0 Å². The number of hydrogen-bond acceptors (Lipinski definition) is 5.